The van der Waals surface area contributed by atoms with E-state index in [1.807, 2.05) is 0 Å². The molecule has 20 heavy (non-hydrogen) atoms. The van der Waals surface area contributed by atoms with Gasteiger partial charge in [-0.3, -0.25) is 0 Å². The van der Waals surface area contributed by atoms with Gasteiger partial charge in [0.2, 0.25) is 15.0 Å². The highest BCUT2D eigenvalue weighted by molar-refractivity contribution is 7.56. The van der Waals surface area contributed by atoms with Crippen LogP contribution in [0.25, 0.3) is 0 Å². The number of hydrogen-bond donors (Lipinski definition) is 0. The average Bonchev–Trinajstić information content (AvgIpc) is 2.42. The van der Waals surface area contributed by atoms with E-state index in [-0.39, 0.29) is 0 Å². The summed E-state index contributed by atoms with van der Waals surface area (Å²) in [6.07, 6.45) is 0. The summed E-state index contributed by atoms with van der Waals surface area (Å²) in [6, 6.07) is 0. The van der Waals surface area contributed by atoms with Gasteiger partial charge < -0.3 is 13.7 Å². The van der Waals surface area contributed by atoms with Gasteiger partial charge in [-0.15, -0.1) is 11.1 Å². The molecule has 0 saturated heterocycles. The summed E-state index contributed by atoms with van der Waals surface area (Å²) in [5.41, 5.74) is 0. The minimum atomic E-state index is -2.00. The first-order valence-corrected chi connectivity index (χ1v) is 15.1. The molecule has 6 heteroatoms. The predicted molar refractivity (Wildman–Crippen MR) is 97.9 cm³/mol. The number of nitrogens with zero attached hydrogens (tertiary/aromatic N) is 3. The van der Waals surface area contributed by atoms with E-state index in [1.54, 1.807) is 0 Å². The molecule has 0 aromatic heterocycles. The largest absolute Gasteiger partial charge is 0.313 e. The summed E-state index contributed by atoms with van der Waals surface area (Å²) in [6.45, 7) is 25.0. The third-order valence-corrected chi connectivity index (χ3v) is 24.2. The Morgan fingerprint density at radius 1 is 0.600 bits per heavy atom. The van der Waals surface area contributed by atoms with Crippen LogP contribution < -0.4 is 0 Å². The van der Waals surface area contributed by atoms with Crippen LogP contribution in [0.5, 0.6) is 0 Å². The molecule has 0 N–H and O–H groups in total. The Morgan fingerprint density at radius 3 is 1.05 bits per heavy atom. The van der Waals surface area contributed by atoms with Crippen molar-refractivity contribution >= 4 is 26.1 Å². The lowest BCUT2D eigenvalue weighted by atomic mass is 10.7. The molecule has 0 fully saturated rings. The Kier molecular flexibility index (Phi) is 9.17. The molecule has 3 nitrogen and oxygen atoms in total. The van der Waals surface area contributed by atoms with Gasteiger partial charge in [-0.25, -0.2) is 0 Å². The minimum Gasteiger partial charge on any atom is -0.313 e. The van der Waals surface area contributed by atoms with Crippen molar-refractivity contribution in [3.63, 3.8) is 0 Å². The van der Waals surface area contributed by atoms with E-state index < -0.39 is 15.0 Å². The first kappa shape index (κ1) is 20.6. The Morgan fingerprint density at radius 2 is 0.850 bits per heavy atom. The van der Waals surface area contributed by atoms with Crippen LogP contribution in [0.3, 0.4) is 0 Å². The molecule has 1 unspecified atom stereocenters. The Balaban J connectivity index is 5.84. The molecular formula is C14H36ClN3Si2. The van der Waals surface area contributed by atoms with Crippen LogP contribution in [-0.2, 0) is 0 Å². The van der Waals surface area contributed by atoms with Gasteiger partial charge in [-0.05, 0) is 52.4 Å². The summed E-state index contributed by atoms with van der Waals surface area (Å²) < 4.78 is 7.95. The summed E-state index contributed by atoms with van der Waals surface area (Å²) >= 11 is 7.36. The molecule has 0 aliphatic heterocycles. The van der Waals surface area contributed by atoms with Crippen LogP contribution in [0.4, 0.5) is 0 Å². The number of halogens is 1. The fraction of sp³-hybridized carbons (Fsp3) is 1.00. The lowest BCUT2D eigenvalue weighted by Gasteiger charge is -2.54. The van der Waals surface area contributed by atoms with Crippen molar-refractivity contribution in [2.75, 3.05) is 39.3 Å². The zero-order valence-corrected chi connectivity index (χ0v) is 17.7. The molecule has 0 spiro atoms. The van der Waals surface area contributed by atoms with Crippen LogP contribution in [0.2, 0.25) is 13.1 Å². The van der Waals surface area contributed by atoms with Gasteiger partial charge in [0, 0.05) is 0 Å². The van der Waals surface area contributed by atoms with E-state index in [0.29, 0.717) is 0 Å². The van der Waals surface area contributed by atoms with Gasteiger partial charge in [0.05, 0.1) is 0 Å². The Bertz CT molecular complexity index is 253. The second kappa shape index (κ2) is 8.90. The second-order valence-electron chi connectivity index (χ2n) is 5.49. The van der Waals surface area contributed by atoms with Crippen molar-refractivity contribution in [2.45, 2.75) is 54.6 Å². The van der Waals surface area contributed by atoms with Crippen molar-refractivity contribution in [2.24, 2.45) is 0 Å². The third-order valence-electron chi connectivity index (χ3n) is 4.98. The number of rotatable bonds is 10. The van der Waals surface area contributed by atoms with Crippen molar-refractivity contribution in [3.8, 4) is 0 Å². The smallest absolute Gasteiger partial charge is 0.248 e. The van der Waals surface area contributed by atoms with Gasteiger partial charge in [0.25, 0.3) is 0 Å². The molecule has 1 atom stereocenters. The molecule has 0 aromatic carbocycles. The molecule has 0 saturated carbocycles. The standard InChI is InChI=1S/C14H36ClN3Si2/c1-9-16(10-2)19(7,15)20(8,17(11-3)12-4)18(13-5)14-6/h9-14H2,1-8H3. The maximum absolute atomic E-state index is 7.36. The first-order chi connectivity index (χ1) is 9.31. The molecule has 0 bridgehead atoms. The second-order valence-corrected chi connectivity index (χ2v) is 20.3. The van der Waals surface area contributed by atoms with E-state index >= 15 is 0 Å². The van der Waals surface area contributed by atoms with Gasteiger partial charge in [-0.1, -0.05) is 41.5 Å². The summed E-state index contributed by atoms with van der Waals surface area (Å²) in [7, 11) is -3.84. The third kappa shape index (κ3) is 3.68. The van der Waals surface area contributed by atoms with E-state index in [0.717, 1.165) is 39.3 Å². The van der Waals surface area contributed by atoms with Gasteiger partial charge in [-0.2, -0.15) is 0 Å². The molecule has 0 rings (SSSR count). The quantitative estimate of drug-likeness (QED) is 0.446. The van der Waals surface area contributed by atoms with Crippen molar-refractivity contribution < 1.29 is 0 Å². The van der Waals surface area contributed by atoms with E-state index in [4.69, 9.17) is 11.1 Å². The van der Waals surface area contributed by atoms with E-state index in [2.05, 4.69) is 68.3 Å². The zero-order chi connectivity index (χ0) is 16.0. The Hall–Kier alpha value is 0.604. The highest BCUT2D eigenvalue weighted by Crippen LogP contribution is 2.32. The molecule has 0 heterocycles. The molecule has 122 valence electrons. The molecule has 0 aliphatic carbocycles. The van der Waals surface area contributed by atoms with Crippen molar-refractivity contribution in [1.29, 1.82) is 0 Å². The van der Waals surface area contributed by atoms with Gasteiger partial charge in [0.15, 0.2) is 0 Å². The summed E-state index contributed by atoms with van der Waals surface area (Å²) in [5.74, 6) is 0. The van der Waals surface area contributed by atoms with E-state index in [9.17, 15) is 0 Å². The monoisotopic (exact) mass is 337 g/mol. The zero-order valence-electron chi connectivity index (χ0n) is 15.0. The van der Waals surface area contributed by atoms with Gasteiger partial charge >= 0.3 is 0 Å². The lowest BCUT2D eigenvalue weighted by molar-refractivity contribution is 0.363. The molecule has 0 aliphatic rings. The van der Waals surface area contributed by atoms with Gasteiger partial charge in [0.1, 0.15) is 0 Å². The molecule has 0 aromatic rings. The summed E-state index contributed by atoms with van der Waals surface area (Å²) in [4.78, 5) is 0. The lowest BCUT2D eigenvalue weighted by Crippen LogP contribution is -2.80. The molecular weight excluding hydrogens is 302 g/mol. The highest BCUT2D eigenvalue weighted by Gasteiger charge is 2.58. The molecule has 0 amide bonds. The average molecular weight is 338 g/mol. The number of hydrogen-bond acceptors (Lipinski definition) is 3. The fourth-order valence-corrected chi connectivity index (χ4v) is 20.4. The fourth-order valence-electron chi connectivity index (χ4n) is 3.57. The summed E-state index contributed by atoms with van der Waals surface area (Å²) in [5, 5.41) is 0. The highest BCUT2D eigenvalue weighted by atomic mass is 35.6. The molecule has 0 radical (unpaired) electrons. The van der Waals surface area contributed by atoms with Crippen LogP contribution in [-0.4, -0.2) is 67.9 Å². The SMILES string of the molecule is CCN(CC)[Si](C)(Cl)[Si](C)(N(CC)CC)N(CC)CC. The first-order valence-electron chi connectivity index (χ1n) is 8.25. The topological polar surface area (TPSA) is 9.72 Å². The Labute approximate surface area is 134 Å². The van der Waals surface area contributed by atoms with Crippen LogP contribution in [0, 0.1) is 0 Å². The minimum absolute atomic E-state index is 1.06. The maximum atomic E-state index is 7.36. The van der Waals surface area contributed by atoms with Crippen LogP contribution in [0.1, 0.15) is 41.5 Å². The van der Waals surface area contributed by atoms with Crippen LogP contribution in [0.15, 0.2) is 0 Å². The maximum Gasteiger partial charge on any atom is 0.248 e. The van der Waals surface area contributed by atoms with Crippen molar-refractivity contribution in [1.82, 2.24) is 13.7 Å². The normalized spacial score (nSPS) is 16.2. The van der Waals surface area contributed by atoms with E-state index in [1.165, 1.54) is 0 Å². The van der Waals surface area contributed by atoms with Crippen LogP contribution >= 0.6 is 11.1 Å². The van der Waals surface area contributed by atoms with Crippen molar-refractivity contribution in [3.05, 3.63) is 0 Å². The predicted octanol–water partition coefficient (Wildman–Crippen LogP) is 3.47.